The van der Waals surface area contributed by atoms with Gasteiger partial charge in [-0.3, -0.25) is 9.59 Å². The lowest BCUT2D eigenvalue weighted by Crippen LogP contribution is -2.36. The molecule has 164 valence electrons. The van der Waals surface area contributed by atoms with Crippen LogP contribution in [0, 0.1) is 5.92 Å². The molecule has 3 aromatic carbocycles. The topological polar surface area (TPSA) is 58.6 Å². The molecule has 1 aliphatic rings. The van der Waals surface area contributed by atoms with Gasteiger partial charge in [0.05, 0.1) is 19.1 Å². The molecule has 0 spiro atoms. The van der Waals surface area contributed by atoms with Crippen LogP contribution in [0.1, 0.15) is 29.2 Å². The van der Waals surface area contributed by atoms with Crippen molar-refractivity contribution >= 4 is 11.8 Å². The van der Waals surface area contributed by atoms with Crippen LogP contribution in [0.3, 0.4) is 0 Å². The van der Waals surface area contributed by atoms with Crippen LogP contribution in [0.2, 0.25) is 0 Å². The van der Waals surface area contributed by atoms with Gasteiger partial charge >= 0.3 is 0 Å². The Morgan fingerprint density at radius 1 is 0.969 bits per heavy atom. The molecular formula is C27H28N2O3. The summed E-state index contributed by atoms with van der Waals surface area (Å²) in [6, 6.07) is 27.7. The Kier molecular flexibility index (Phi) is 6.85. The molecule has 4 rings (SSSR count). The van der Waals surface area contributed by atoms with Gasteiger partial charge in [0.1, 0.15) is 5.75 Å². The first-order valence-electron chi connectivity index (χ1n) is 10.9. The molecule has 32 heavy (non-hydrogen) atoms. The summed E-state index contributed by atoms with van der Waals surface area (Å²) < 4.78 is 5.19. The average Bonchev–Trinajstić information content (AvgIpc) is 3.20. The monoisotopic (exact) mass is 428 g/mol. The fourth-order valence-electron chi connectivity index (χ4n) is 4.13. The summed E-state index contributed by atoms with van der Waals surface area (Å²) in [4.78, 5) is 27.5. The number of rotatable bonds is 8. The SMILES string of the molecule is COc1ccc(CN2C[C@@H](C(=O)N[C@H](Cc3ccccc3)c3ccccc3)CC2=O)cc1. The van der Waals surface area contributed by atoms with E-state index in [0.29, 0.717) is 19.5 Å². The maximum atomic E-state index is 13.1. The van der Waals surface area contributed by atoms with Crippen LogP contribution in [0.4, 0.5) is 0 Å². The van der Waals surface area contributed by atoms with Gasteiger partial charge in [-0.05, 0) is 35.2 Å². The molecule has 5 nitrogen and oxygen atoms in total. The molecule has 5 heteroatoms. The van der Waals surface area contributed by atoms with Crippen molar-refractivity contribution < 1.29 is 14.3 Å². The van der Waals surface area contributed by atoms with Crippen LogP contribution in [-0.4, -0.2) is 30.4 Å². The molecule has 0 radical (unpaired) electrons. The predicted octanol–water partition coefficient (Wildman–Crippen LogP) is 4.14. The second-order valence-corrected chi connectivity index (χ2v) is 8.18. The van der Waals surface area contributed by atoms with Crippen molar-refractivity contribution in [3.63, 3.8) is 0 Å². The standard InChI is InChI=1S/C27H28N2O3/c1-32-24-14-12-21(13-15-24)18-29-19-23(17-26(29)30)27(31)28-25(22-10-6-3-7-11-22)16-20-8-4-2-5-9-20/h2-15,23,25H,16-19H2,1H3,(H,28,31)/t23-,25+/m0/s1. The maximum Gasteiger partial charge on any atom is 0.225 e. The Hall–Kier alpha value is -3.60. The largest absolute Gasteiger partial charge is 0.497 e. The molecule has 0 aliphatic carbocycles. The van der Waals surface area contributed by atoms with Gasteiger partial charge in [-0.25, -0.2) is 0 Å². The van der Waals surface area contributed by atoms with E-state index in [4.69, 9.17) is 4.74 Å². The molecule has 1 saturated heterocycles. The van der Waals surface area contributed by atoms with E-state index in [1.165, 1.54) is 0 Å². The van der Waals surface area contributed by atoms with Crippen molar-refractivity contribution in [2.75, 3.05) is 13.7 Å². The molecule has 0 bridgehead atoms. The minimum absolute atomic E-state index is 0.0142. The summed E-state index contributed by atoms with van der Waals surface area (Å²) >= 11 is 0. The number of methoxy groups -OCH3 is 1. The second kappa shape index (κ2) is 10.1. The first kappa shape index (κ1) is 21.6. The molecule has 1 heterocycles. The van der Waals surface area contributed by atoms with E-state index in [-0.39, 0.29) is 30.2 Å². The highest BCUT2D eigenvalue weighted by molar-refractivity contribution is 5.89. The maximum absolute atomic E-state index is 13.1. The van der Waals surface area contributed by atoms with Crippen molar-refractivity contribution in [3.05, 3.63) is 102 Å². The number of nitrogens with zero attached hydrogens (tertiary/aromatic N) is 1. The summed E-state index contributed by atoms with van der Waals surface area (Å²) in [7, 11) is 1.63. The lowest BCUT2D eigenvalue weighted by Gasteiger charge is -2.22. The number of ether oxygens (including phenoxy) is 1. The molecule has 3 aromatic rings. The minimum atomic E-state index is -0.345. The number of benzene rings is 3. The van der Waals surface area contributed by atoms with E-state index in [1.807, 2.05) is 72.8 Å². The Labute approximate surface area is 189 Å². The molecule has 0 aromatic heterocycles. The average molecular weight is 429 g/mol. The van der Waals surface area contributed by atoms with E-state index in [9.17, 15) is 9.59 Å². The number of amides is 2. The number of hydrogen-bond acceptors (Lipinski definition) is 3. The fraction of sp³-hybridized carbons (Fsp3) is 0.259. The van der Waals surface area contributed by atoms with Gasteiger partial charge in [-0.2, -0.15) is 0 Å². The highest BCUT2D eigenvalue weighted by atomic mass is 16.5. The number of carbonyl (C=O) groups excluding carboxylic acids is 2. The summed E-state index contributed by atoms with van der Waals surface area (Å²) in [6.45, 7) is 0.933. The van der Waals surface area contributed by atoms with E-state index in [0.717, 1.165) is 22.4 Å². The van der Waals surface area contributed by atoms with Crippen LogP contribution in [0.25, 0.3) is 0 Å². The van der Waals surface area contributed by atoms with Crippen LogP contribution in [0.15, 0.2) is 84.9 Å². The highest BCUT2D eigenvalue weighted by Gasteiger charge is 2.35. The van der Waals surface area contributed by atoms with Crippen LogP contribution < -0.4 is 10.1 Å². The zero-order valence-corrected chi connectivity index (χ0v) is 18.2. The third kappa shape index (κ3) is 5.35. The summed E-state index contributed by atoms with van der Waals surface area (Å²) in [6.07, 6.45) is 0.946. The van der Waals surface area contributed by atoms with E-state index in [2.05, 4.69) is 17.4 Å². The van der Waals surface area contributed by atoms with E-state index >= 15 is 0 Å². The van der Waals surface area contributed by atoms with Gasteiger partial charge in [0.25, 0.3) is 0 Å². The quantitative estimate of drug-likeness (QED) is 0.587. The Balaban J connectivity index is 1.42. The summed E-state index contributed by atoms with van der Waals surface area (Å²) in [5, 5.41) is 3.21. The zero-order valence-electron chi connectivity index (χ0n) is 18.2. The number of hydrogen-bond donors (Lipinski definition) is 1. The zero-order chi connectivity index (χ0) is 22.3. The van der Waals surface area contributed by atoms with Crippen LogP contribution in [0.5, 0.6) is 5.75 Å². The molecule has 1 N–H and O–H groups in total. The third-order valence-electron chi connectivity index (χ3n) is 5.92. The van der Waals surface area contributed by atoms with Crippen molar-refractivity contribution in [1.82, 2.24) is 10.2 Å². The van der Waals surface area contributed by atoms with Gasteiger partial charge in [0, 0.05) is 19.5 Å². The Morgan fingerprint density at radius 2 is 1.62 bits per heavy atom. The molecule has 0 saturated carbocycles. The molecule has 2 amide bonds. The molecule has 2 atom stereocenters. The van der Waals surface area contributed by atoms with Crippen LogP contribution in [-0.2, 0) is 22.6 Å². The summed E-state index contributed by atoms with van der Waals surface area (Å²) in [5.74, 6) is 0.382. The van der Waals surface area contributed by atoms with Gasteiger partial charge in [0.2, 0.25) is 11.8 Å². The number of nitrogens with one attached hydrogen (secondary N) is 1. The van der Waals surface area contributed by atoms with Crippen molar-refractivity contribution in [2.45, 2.75) is 25.4 Å². The van der Waals surface area contributed by atoms with Crippen molar-refractivity contribution in [3.8, 4) is 5.75 Å². The first-order chi connectivity index (χ1) is 15.6. The predicted molar refractivity (Wildman–Crippen MR) is 124 cm³/mol. The number of likely N-dealkylation sites (tertiary alicyclic amines) is 1. The first-order valence-corrected chi connectivity index (χ1v) is 10.9. The van der Waals surface area contributed by atoms with Crippen LogP contribution >= 0.6 is 0 Å². The molecule has 1 aliphatic heterocycles. The lowest BCUT2D eigenvalue weighted by molar-refractivity contribution is -0.129. The molecule has 1 fully saturated rings. The minimum Gasteiger partial charge on any atom is -0.497 e. The number of carbonyl (C=O) groups is 2. The smallest absolute Gasteiger partial charge is 0.225 e. The molecule has 0 unspecified atom stereocenters. The lowest BCUT2D eigenvalue weighted by atomic mass is 9.97. The fourth-order valence-corrected chi connectivity index (χ4v) is 4.13. The van der Waals surface area contributed by atoms with Crippen molar-refractivity contribution in [2.24, 2.45) is 5.92 Å². The second-order valence-electron chi connectivity index (χ2n) is 8.18. The Morgan fingerprint density at radius 3 is 2.28 bits per heavy atom. The van der Waals surface area contributed by atoms with Gasteiger partial charge in [-0.15, -0.1) is 0 Å². The van der Waals surface area contributed by atoms with Gasteiger partial charge in [0.15, 0.2) is 0 Å². The van der Waals surface area contributed by atoms with E-state index < -0.39 is 0 Å². The van der Waals surface area contributed by atoms with E-state index in [1.54, 1.807) is 12.0 Å². The third-order valence-corrected chi connectivity index (χ3v) is 5.92. The summed E-state index contributed by atoms with van der Waals surface area (Å²) in [5.41, 5.74) is 3.24. The normalized spacial score (nSPS) is 16.6. The van der Waals surface area contributed by atoms with Crippen molar-refractivity contribution in [1.29, 1.82) is 0 Å². The Bertz CT molecular complexity index is 1040. The highest BCUT2D eigenvalue weighted by Crippen LogP contribution is 2.24. The van der Waals surface area contributed by atoms with Gasteiger partial charge in [-0.1, -0.05) is 72.8 Å². The van der Waals surface area contributed by atoms with Gasteiger partial charge < -0.3 is 15.0 Å². The molecular weight excluding hydrogens is 400 g/mol.